The summed E-state index contributed by atoms with van der Waals surface area (Å²) in [5, 5.41) is 0. The highest BCUT2D eigenvalue weighted by Gasteiger charge is 2.31. The lowest BCUT2D eigenvalue weighted by Gasteiger charge is -2.31. The summed E-state index contributed by atoms with van der Waals surface area (Å²) in [5.74, 6) is 2.12. The third kappa shape index (κ3) is 5.27. The Balaban J connectivity index is 1.64. The van der Waals surface area contributed by atoms with Crippen molar-refractivity contribution in [2.75, 3.05) is 25.7 Å². The predicted octanol–water partition coefficient (Wildman–Crippen LogP) is 6.52. The van der Waals surface area contributed by atoms with Crippen LogP contribution in [0.2, 0.25) is 0 Å². The molecule has 3 aromatic carbocycles. The second-order valence-corrected chi connectivity index (χ2v) is 9.34. The van der Waals surface area contributed by atoms with E-state index in [1.807, 2.05) is 23.1 Å². The number of rotatable bonds is 8. The molecule has 0 saturated heterocycles. The minimum Gasteiger partial charge on any atom is -0.497 e. The summed E-state index contributed by atoms with van der Waals surface area (Å²) in [5.41, 5.74) is 5.79. The van der Waals surface area contributed by atoms with Gasteiger partial charge in [-0.15, -0.1) is 0 Å². The van der Waals surface area contributed by atoms with Gasteiger partial charge in [0.05, 0.1) is 20.1 Å². The number of anilines is 1. The standard InChI is InChI=1S/C30H35NO3/c1-21(2)23-10-13-25(14-11-23)31(19-18-22-8-15-26(33-3)16-9-22)30(32)28-7-5-6-24-12-17-27(34-4)20-29(24)28/h8-17,20-21,28H,5-7,18-19H2,1-4H3. The van der Waals surface area contributed by atoms with Crippen LogP contribution in [0.4, 0.5) is 5.69 Å². The number of aryl methyl sites for hydroxylation is 1. The van der Waals surface area contributed by atoms with E-state index in [2.05, 4.69) is 62.4 Å². The molecule has 34 heavy (non-hydrogen) atoms. The van der Waals surface area contributed by atoms with E-state index < -0.39 is 0 Å². The number of nitrogens with zero attached hydrogens (tertiary/aromatic N) is 1. The first kappa shape index (κ1) is 23.9. The summed E-state index contributed by atoms with van der Waals surface area (Å²) in [7, 11) is 3.35. The number of ether oxygens (including phenoxy) is 2. The van der Waals surface area contributed by atoms with Gasteiger partial charge in [0.25, 0.3) is 0 Å². The molecule has 0 saturated carbocycles. The van der Waals surface area contributed by atoms with E-state index in [0.717, 1.165) is 48.4 Å². The van der Waals surface area contributed by atoms with Crippen molar-refractivity contribution in [2.24, 2.45) is 0 Å². The van der Waals surface area contributed by atoms with Crippen molar-refractivity contribution >= 4 is 11.6 Å². The Morgan fingerprint density at radius 1 is 0.941 bits per heavy atom. The molecule has 0 heterocycles. The van der Waals surface area contributed by atoms with Gasteiger partial charge in [0.1, 0.15) is 11.5 Å². The molecule has 4 rings (SSSR count). The van der Waals surface area contributed by atoms with Crippen molar-refractivity contribution in [3.8, 4) is 11.5 Å². The van der Waals surface area contributed by atoms with Gasteiger partial charge in [0.2, 0.25) is 5.91 Å². The van der Waals surface area contributed by atoms with Gasteiger partial charge < -0.3 is 14.4 Å². The zero-order chi connectivity index (χ0) is 24.1. The predicted molar refractivity (Wildman–Crippen MR) is 138 cm³/mol. The highest BCUT2D eigenvalue weighted by atomic mass is 16.5. The molecule has 1 amide bonds. The lowest BCUT2D eigenvalue weighted by atomic mass is 9.81. The Bertz CT molecular complexity index is 1100. The maximum absolute atomic E-state index is 14.1. The van der Waals surface area contributed by atoms with Crippen LogP contribution in [-0.2, 0) is 17.6 Å². The Hall–Kier alpha value is -3.27. The lowest BCUT2D eigenvalue weighted by Crippen LogP contribution is -2.38. The maximum Gasteiger partial charge on any atom is 0.234 e. The van der Waals surface area contributed by atoms with Gasteiger partial charge in [-0.2, -0.15) is 0 Å². The van der Waals surface area contributed by atoms with Gasteiger partial charge >= 0.3 is 0 Å². The SMILES string of the molecule is COc1ccc(CCN(C(=O)C2CCCc3ccc(OC)cc32)c2ccc(C(C)C)cc2)cc1. The molecule has 1 aliphatic carbocycles. The summed E-state index contributed by atoms with van der Waals surface area (Å²) in [6.07, 6.45) is 3.67. The second-order valence-electron chi connectivity index (χ2n) is 9.34. The van der Waals surface area contributed by atoms with E-state index in [1.54, 1.807) is 14.2 Å². The molecule has 0 radical (unpaired) electrons. The smallest absolute Gasteiger partial charge is 0.234 e. The third-order valence-electron chi connectivity index (χ3n) is 6.89. The number of hydrogen-bond donors (Lipinski definition) is 0. The van der Waals surface area contributed by atoms with Crippen molar-refractivity contribution in [3.05, 3.63) is 89.0 Å². The Kier molecular flexibility index (Phi) is 7.56. The molecule has 0 aliphatic heterocycles. The maximum atomic E-state index is 14.1. The molecule has 3 aromatic rings. The fourth-order valence-electron chi connectivity index (χ4n) is 4.79. The summed E-state index contributed by atoms with van der Waals surface area (Å²) in [6.45, 7) is 5.00. The van der Waals surface area contributed by atoms with Gasteiger partial charge in [-0.1, -0.05) is 44.2 Å². The highest BCUT2D eigenvalue weighted by Crippen LogP contribution is 2.36. The van der Waals surface area contributed by atoms with Gasteiger partial charge in [-0.25, -0.2) is 0 Å². The zero-order valence-electron chi connectivity index (χ0n) is 20.7. The van der Waals surface area contributed by atoms with E-state index in [4.69, 9.17) is 9.47 Å². The molecule has 0 bridgehead atoms. The molecule has 0 N–H and O–H groups in total. The molecule has 0 spiro atoms. The third-order valence-corrected chi connectivity index (χ3v) is 6.89. The quantitative estimate of drug-likeness (QED) is 0.386. The Labute approximate surface area is 203 Å². The second kappa shape index (κ2) is 10.8. The van der Waals surface area contributed by atoms with Gasteiger partial charge in [-0.3, -0.25) is 4.79 Å². The zero-order valence-corrected chi connectivity index (χ0v) is 20.7. The Morgan fingerprint density at radius 2 is 1.62 bits per heavy atom. The lowest BCUT2D eigenvalue weighted by molar-refractivity contribution is -0.120. The molecule has 178 valence electrons. The Morgan fingerprint density at radius 3 is 2.26 bits per heavy atom. The molecule has 1 aliphatic rings. The van der Waals surface area contributed by atoms with Gasteiger partial charge in [0, 0.05) is 12.2 Å². The van der Waals surface area contributed by atoms with Crippen LogP contribution in [0.1, 0.15) is 60.8 Å². The normalized spacial score (nSPS) is 15.0. The van der Waals surface area contributed by atoms with Crippen LogP contribution in [-0.4, -0.2) is 26.7 Å². The van der Waals surface area contributed by atoms with Crippen LogP contribution < -0.4 is 14.4 Å². The fourth-order valence-corrected chi connectivity index (χ4v) is 4.79. The molecule has 4 nitrogen and oxygen atoms in total. The molecule has 1 unspecified atom stereocenters. The van der Waals surface area contributed by atoms with Gasteiger partial charge in [0.15, 0.2) is 0 Å². The van der Waals surface area contributed by atoms with Crippen LogP contribution in [0.25, 0.3) is 0 Å². The molecule has 1 atom stereocenters. The van der Waals surface area contributed by atoms with Crippen molar-refractivity contribution in [1.82, 2.24) is 0 Å². The largest absolute Gasteiger partial charge is 0.497 e. The first-order chi connectivity index (χ1) is 16.5. The van der Waals surface area contributed by atoms with Crippen molar-refractivity contribution in [3.63, 3.8) is 0 Å². The number of benzene rings is 3. The number of carbonyl (C=O) groups is 1. The van der Waals surface area contributed by atoms with Gasteiger partial charge in [-0.05, 0) is 90.3 Å². The summed E-state index contributed by atoms with van der Waals surface area (Å²) in [4.78, 5) is 16.0. The monoisotopic (exact) mass is 457 g/mol. The van der Waals surface area contributed by atoms with E-state index in [9.17, 15) is 4.79 Å². The average Bonchev–Trinajstić information content (AvgIpc) is 2.88. The van der Waals surface area contributed by atoms with Crippen LogP contribution in [0, 0.1) is 0 Å². The van der Waals surface area contributed by atoms with E-state index >= 15 is 0 Å². The van der Waals surface area contributed by atoms with Crippen molar-refractivity contribution in [2.45, 2.75) is 51.4 Å². The van der Waals surface area contributed by atoms with E-state index in [-0.39, 0.29) is 11.8 Å². The summed E-state index contributed by atoms with van der Waals surface area (Å²) in [6, 6.07) is 22.7. The number of carbonyl (C=O) groups excluding carboxylic acids is 1. The number of methoxy groups -OCH3 is 2. The van der Waals surface area contributed by atoms with Crippen molar-refractivity contribution in [1.29, 1.82) is 0 Å². The van der Waals surface area contributed by atoms with Crippen LogP contribution in [0.15, 0.2) is 66.7 Å². The highest BCUT2D eigenvalue weighted by molar-refractivity contribution is 5.98. The fraction of sp³-hybridized carbons (Fsp3) is 0.367. The summed E-state index contributed by atoms with van der Waals surface area (Å²) < 4.78 is 10.8. The minimum atomic E-state index is -0.153. The van der Waals surface area contributed by atoms with Crippen LogP contribution >= 0.6 is 0 Å². The first-order valence-electron chi connectivity index (χ1n) is 12.2. The molecule has 4 heteroatoms. The molecule has 0 fully saturated rings. The van der Waals surface area contributed by atoms with E-state index in [0.29, 0.717) is 12.5 Å². The molecular weight excluding hydrogens is 422 g/mol. The minimum absolute atomic E-state index is 0.153. The number of fused-ring (bicyclic) bond motifs is 1. The van der Waals surface area contributed by atoms with Crippen LogP contribution in [0.3, 0.4) is 0 Å². The molecular formula is C30H35NO3. The summed E-state index contributed by atoms with van der Waals surface area (Å²) >= 11 is 0. The molecule has 0 aromatic heterocycles. The average molecular weight is 458 g/mol. The van der Waals surface area contributed by atoms with Crippen molar-refractivity contribution < 1.29 is 14.3 Å². The van der Waals surface area contributed by atoms with Crippen LogP contribution in [0.5, 0.6) is 11.5 Å². The number of hydrogen-bond acceptors (Lipinski definition) is 3. The topological polar surface area (TPSA) is 38.8 Å². The van der Waals surface area contributed by atoms with E-state index in [1.165, 1.54) is 16.7 Å². The number of amides is 1. The first-order valence-corrected chi connectivity index (χ1v) is 12.2.